The molecule has 0 radical (unpaired) electrons. The van der Waals surface area contributed by atoms with E-state index in [4.69, 9.17) is 5.11 Å². The molecule has 1 amide bonds. The maximum atomic E-state index is 13.4. The first kappa shape index (κ1) is 16.1. The Labute approximate surface area is 138 Å². The van der Waals surface area contributed by atoms with E-state index in [-0.39, 0.29) is 35.1 Å². The fourth-order valence-electron chi connectivity index (χ4n) is 3.30. The predicted octanol–water partition coefficient (Wildman–Crippen LogP) is 3.07. The van der Waals surface area contributed by atoms with E-state index in [1.807, 2.05) is 13.8 Å². The third kappa shape index (κ3) is 2.75. The van der Waals surface area contributed by atoms with Crippen LogP contribution < -0.4 is 0 Å². The molecule has 1 aromatic carbocycles. The van der Waals surface area contributed by atoms with Crippen LogP contribution in [0.1, 0.15) is 51.9 Å². The summed E-state index contributed by atoms with van der Waals surface area (Å²) in [6.45, 7) is 3.77. The van der Waals surface area contributed by atoms with Crippen molar-refractivity contribution in [1.82, 2.24) is 9.88 Å². The van der Waals surface area contributed by atoms with Crippen molar-refractivity contribution in [2.45, 2.75) is 32.4 Å². The summed E-state index contributed by atoms with van der Waals surface area (Å²) < 4.78 is 13.4. The molecule has 24 heavy (non-hydrogen) atoms. The molecule has 0 spiro atoms. The molecule has 2 unspecified atom stereocenters. The summed E-state index contributed by atoms with van der Waals surface area (Å²) in [4.78, 5) is 29.7. The third-order valence-corrected chi connectivity index (χ3v) is 4.42. The molecule has 3 rings (SSSR count). The zero-order chi connectivity index (χ0) is 17.4. The molecule has 0 fully saturated rings. The number of carboxylic acid groups (broad SMARTS) is 1. The fraction of sp³-hybridized carbons (Fsp3) is 0.278. The van der Waals surface area contributed by atoms with Crippen LogP contribution in [0.5, 0.6) is 0 Å². The molecule has 0 saturated carbocycles. The first-order valence-corrected chi connectivity index (χ1v) is 7.69. The number of halogens is 1. The minimum Gasteiger partial charge on any atom is -0.478 e. The molecule has 1 aromatic heterocycles. The Morgan fingerprint density at radius 3 is 2.71 bits per heavy atom. The van der Waals surface area contributed by atoms with E-state index in [2.05, 4.69) is 4.98 Å². The Morgan fingerprint density at radius 2 is 2.00 bits per heavy atom. The lowest BCUT2D eigenvalue weighted by Gasteiger charge is -2.40. The lowest BCUT2D eigenvalue weighted by atomic mass is 9.89. The van der Waals surface area contributed by atoms with Crippen molar-refractivity contribution in [3.05, 3.63) is 64.7 Å². The number of aromatic carboxylic acids is 1. The molecule has 124 valence electrons. The van der Waals surface area contributed by atoms with Crippen molar-refractivity contribution in [2.24, 2.45) is 0 Å². The highest BCUT2D eigenvalue weighted by Crippen LogP contribution is 2.34. The second-order valence-electron chi connectivity index (χ2n) is 6.02. The van der Waals surface area contributed by atoms with Gasteiger partial charge in [0.2, 0.25) is 0 Å². The Kier molecular flexibility index (Phi) is 4.05. The molecule has 2 atom stereocenters. The van der Waals surface area contributed by atoms with Crippen molar-refractivity contribution < 1.29 is 19.1 Å². The number of nitrogens with zero attached hydrogens (tertiary/aromatic N) is 2. The van der Waals surface area contributed by atoms with Crippen LogP contribution in [0, 0.1) is 5.82 Å². The molecule has 5 nitrogen and oxygen atoms in total. The van der Waals surface area contributed by atoms with Gasteiger partial charge in [-0.05, 0) is 55.7 Å². The zero-order valence-electron chi connectivity index (χ0n) is 13.4. The van der Waals surface area contributed by atoms with Gasteiger partial charge in [0.25, 0.3) is 5.91 Å². The number of carbonyl (C=O) groups excluding carboxylic acids is 1. The van der Waals surface area contributed by atoms with E-state index in [0.29, 0.717) is 6.42 Å². The number of hydrogen-bond donors (Lipinski definition) is 1. The predicted molar refractivity (Wildman–Crippen MR) is 85.3 cm³/mol. The summed E-state index contributed by atoms with van der Waals surface area (Å²) in [6.07, 6.45) is 1.86. The topological polar surface area (TPSA) is 70.5 Å². The SMILES string of the molecule is CC1Cc2cc(F)ccc2C(C)N1C(=O)c1cc(C(=O)O)ccn1. The number of pyridine rings is 1. The molecular formula is C18H17FN2O3. The molecule has 0 aliphatic carbocycles. The maximum Gasteiger partial charge on any atom is 0.335 e. The van der Waals surface area contributed by atoms with E-state index in [1.54, 1.807) is 11.0 Å². The monoisotopic (exact) mass is 328 g/mol. The molecule has 1 aliphatic rings. The van der Waals surface area contributed by atoms with Crippen LogP contribution in [0.25, 0.3) is 0 Å². The minimum absolute atomic E-state index is 0.0214. The fourth-order valence-corrected chi connectivity index (χ4v) is 3.30. The summed E-state index contributed by atoms with van der Waals surface area (Å²) in [5, 5.41) is 9.07. The van der Waals surface area contributed by atoms with Crippen molar-refractivity contribution in [3.8, 4) is 0 Å². The van der Waals surface area contributed by atoms with Crippen molar-refractivity contribution in [2.75, 3.05) is 0 Å². The molecule has 0 saturated heterocycles. The van der Waals surface area contributed by atoms with Crippen molar-refractivity contribution in [3.63, 3.8) is 0 Å². The Morgan fingerprint density at radius 1 is 1.25 bits per heavy atom. The van der Waals surface area contributed by atoms with Gasteiger partial charge in [-0.2, -0.15) is 0 Å². The quantitative estimate of drug-likeness (QED) is 0.920. The van der Waals surface area contributed by atoms with Crippen LogP contribution in [0.15, 0.2) is 36.5 Å². The highest BCUT2D eigenvalue weighted by molar-refractivity contribution is 5.96. The highest BCUT2D eigenvalue weighted by Gasteiger charge is 2.34. The van der Waals surface area contributed by atoms with Gasteiger partial charge in [0, 0.05) is 12.2 Å². The van der Waals surface area contributed by atoms with E-state index in [0.717, 1.165) is 11.1 Å². The average Bonchev–Trinajstić information content (AvgIpc) is 2.54. The molecule has 6 heteroatoms. The standard InChI is InChI=1S/C18H17FN2O3/c1-10-7-13-8-14(19)3-4-15(13)11(2)21(10)17(22)16-9-12(18(23)24)5-6-20-16/h3-6,8-11H,7H2,1-2H3,(H,23,24). The number of carboxylic acids is 1. The lowest BCUT2D eigenvalue weighted by molar-refractivity contribution is 0.0574. The second-order valence-corrected chi connectivity index (χ2v) is 6.02. The summed E-state index contributed by atoms with van der Waals surface area (Å²) in [6, 6.07) is 6.84. The van der Waals surface area contributed by atoms with Crippen molar-refractivity contribution in [1.29, 1.82) is 0 Å². The van der Waals surface area contributed by atoms with Gasteiger partial charge in [0.15, 0.2) is 0 Å². The summed E-state index contributed by atoms with van der Waals surface area (Å²) in [5.41, 5.74) is 1.91. The number of carbonyl (C=O) groups is 2. The molecular weight excluding hydrogens is 311 g/mol. The van der Waals surface area contributed by atoms with Gasteiger partial charge < -0.3 is 10.0 Å². The first-order valence-electron chi connectivity index (χ1n) is 7.69. The number of fused-ring (bicyclic) bond motifs is 1. The normalized spacial score (nSPS) is 19.7. The van der Waals surface area contributed by atoms with Crippen LogP contribution in [-0.2, 0) is 6.42 Å². The molecule has 1 aliphatic heterocycles. The number of benzene rings is 1. The van der Waals surface area contributed by atoms with Crippen LogP contribution >= 0.6 is 0 Å². The largest absolute Gasteiger partial charge is 0.478 e. The van der Waals surface area contributed by atoms with Gasteiger partial charge >= 0.3 is 5.97 Å². The number of amides is 1. The molecule has 2 heterocycles. The smallest absolute Gasteiger partial charge is 0.335 e. The summed E-state index contributed by atoms with van der Waals surface area (Å²) in [7, 11) is 0. The number of aromatic nitrogens is 1. The van der Waals surface area contributed by atoms with Crippen LogP contribution in [0.4, 0.5) is 4.39 Å². The first-order chi connectivity index (χ1) is 11.4. The molecule has 0 bridgehead atoms. The lowest BCUT2D eigenvalue weighted by Crippen LogP contribution is -2.45. The molecule has 1 N–H and O–H groups in total. The van der Waals surface area contributed by atoms with E-state index in [9.17, 15) is 14.0 Å². The zero-order valence-corrected chi connectivity index (χ0v) is 13.4. The number of hydrogen-bond acceptors (Lipinski definition) is 3. The van der Waals surface area contributed by atoms with Crippen molar-refractivity contribution >= 4 is 11.9 Å². The Balaban J connectivity index is 1.97. The second kappa shape index (κ2) is 6.03. The van der Waals surface area contributed by atoms with Gasteiger partial charge in [-0.3, -0.25) is 9.78 Å². The van der Waals surface area contributed by atoms with E-state index in [1.165, 1.54) is 30.5 Å². The van der Waals surface area contributed by atoms with E-state index < -0.39 is 5.97 Å². The average molecular weight is 328 g/mol. The van der Waals surface area contributed by atoms with Crippen LogP contribution in [0.2, 0.25) is 0 Å². The van der Waals surface area contributed by atoms with Gasteiger partial charge in [-0.1, -0.05) is 6.07 Å². The molecule has 2 aromatic rings. The van der Waals surface area contributed by atoms with Gasteiger partial charge in [-0.15, -0.1) is 0 Å². The summed E-state index contributed by atoms with van der Waals surface area (Å²) >= 11 is 0. The third-order valence-electron chi connectivity index (χ3n) is 4.42. The summed E-state index contributed by atoms with van der Waals surface area (Å²) in [5.74, 6) is -1.72. The highest BCUT2D eigenvalue weighted by atomic mass is 19.1. The van der Waals surface area contributed by atoms with E-state index >= 15 is 0 Å². The van der Waals surface area contributed by atoms with Gasteiger partial charge in [0.05, 0.1) is 11.6 Å². The maximum absolute atomic E-state index is 13.4. The minimum atomic E-state index is -1.10. The number of rotatable bonds is 2. The van der Waals surface area contributed by atoms with Gasteiger partial charge in [0.1, 0.15) is 11.5 Å². The van der Waals surface area contributed by atoms with Crippen LogP contribution in [-0.4, -0.2) is 32.9 Å². The van der Waals surface area contributed by atoms with Crippen LogP contribution in [0.3, 0.4) is 0 Å². The van der Waals surface area contributed by atoms with Gasteiger partial charge in [-0.25, -0.2) is 9.18 Å². The Hall–Kier alpha value is -2.76. The Bertz CT molecular complexity index is 822.